The number of rotatable bonds is 22. The van der Waals surface area contributed by atoms with E-state index in [1.807, 2.05) is 100 Å². The SMILES string of the molecule is CC(C)C[C@@H](NC(=O)[C@H](CC(=O)[C@@H](Cc1ccccc1)NC(=O)OC(C)(C)C)Cc1ccccc1)C(=O)C[C@H](CCCCNC(=O)OC(C)(C)C)C(=O)N1CCC2(CC1)CC(N1CCNCC1)C2. The van der Waals surface area contributed by atoms with Gasteiger partial charge in [0, 0.05) is 76.5 Å². The molecule has 0 bridgehead atoms. The predicted molar refractivity (Wildman–Crippen MR) is 265 cm³/mol. The number of carbonyl (C=O) groups is 6. The summed E-state index contributed by atoms with van der Waals surface area (Å²) in [6.07, 6.45) is 5.24. The number of hydrogen-bond donors (Lipinski definition) is 4. The van der Waals surface area contributed by atoms with Crippen LogP contribution < -0.4 is 21.3 Å². The lowest BCUT2D eigenvalue weighted by molar-refractivity contribution is -0.143. The number of hydrogen-bond acceptors (Lipinski definition) is 10. The smallest absolute Gasteiger partial charge is 0.408 e. The van der Waals surface area contributed by atoms with Gasteiger partial charge in [-0.05, 0) is 122 Å². The van der Waals surface area contributed by atoms with E-state index in [1.54, 1.807) is 20.8 Å². The zero-order valence-corrected chi connectivity index (χ0v) is 42.3. The Morgan fingerprint density at radius 1 is 0.691 bits per heavy atom. The third kappa shape index (κ3) is 17.9. The van der Waals surface area contributed by atoms with Gasteiger partial charge in [0.25, 0.3) is 0 Å². The molecule has 1 spiro atoms. The molecule has 5 rings (SSSR count). The van der Waals surface area contributed by atoms with Crippen LogP contribution >= 0.6 is 0 Å². The van der Waals surface area contributed by atoms with E-state index in [9.17, 15) is 28.8 Å². The molecular weight excluding hydrogens is 861 g/mol. The van der Waals surface area contributed by atoms with Crippen molar-refractivity contribution in [3.05, 3.63) is 71.8 Å². The van der Waals surface area contributed by atoms with Crippen molar-refractivity contribution < 1.29 is 38.2 Å². The molecule has 68 heavy (non-hydrogen) atoms. The Hall–Kier alpha value is -4.82. The number of nitrogens with zero attached hydrogens (tertiary/aromatic N) is 2. The van der Waals surface area contributed by atoms with Gasteiger partial charge in [-0.3, -0.25) is 24.1 Å². The maximum atomic E-state index is 14.6. The number of benzene rings is 2. The molecule has 14 heteroatoms. The van der Waals surface area contributed by atoms with E-state index in [2.05, 4.69) is 26.2 Å². The van der Waals surface area contributed by atoms with E-state index in [1.165, 1.54) is 12.8 Å². The maximum absolute atomic E-state index is 14.6. The molecule has 4 N–H and O–H groups in total. The third-order valence-electron chi connectivity index (χ3n) is 13.5. The van der Waals surface area contributed by atoms with E-state index in [0.29, 0.717) is 51.4 Å². The zero-order valence-electron chi connectivity index (χ0n) is 42.3. The van der Waals surface area contributed by atoms with Gasteiger partial charge >= 0.3 is 12.2 Å². The van der Waals surface area contributed by atoms with Gasteiger partial charge in [-0.2, -0.15) is 0 Å². The van der Waals surface area contributed by atoms with Gasteiger partial charge in [0.2, 0.25) is 11.8 Å². The number of Topliss-reactive ketones (excluding diaryl/α,β-unsaturated/α-hetero) is 2. The van der Waals surface area contributed by atoms with Crippen LogP contribution in [0.15, 0.2) is 60.7 Å². The van der Waals surface area contributed by atoms with Crippen molar-refractivity contribution in [3.8, 4) is 0 Å². The highest BCUT2D eigenvalue weighted by Crippen LogP contribution is 2.51. The Balaban J connectivity index is 1.30. The summed E-state index contributed by atoms with van der Waals surface area (Å²) < 4.78 is 10.9. The Bertz CT molecular complexity index is 1940. The molecule has 2 aromatic rings. The van der Waals surface area contributed by atoms with Crippen LogP contribution in [0.4, 0.5) is 9.59 Å². The van der Waals surface area contributed by atoms with Gasteiger partial charge in [0.15, 0.2) is 11.6 Å². The summed E-state index contributed by atoms with van der Waals surface area (Å²) in [7, 11) is 0. The van der Waals surface area contributed by atoms with Crippen molar-refractivity contribution >= 4 is 35.6 Å². The molecule has 1 aliphatic carbocycles. The lowest BCUT2D eigenvalue weighted by atomic mass is 9.60. The van der Waals surface area contributed by atoms with Crippen LogP contribution in [0.2, 0.25) is 0 Å². The van der Waals surface area contributed by atoms with Gasteiger partial charge in [0.05, 0.1) is 12.1 Å². The summed E-state index contributed by atoms with van der Waals surface area (Å²) in [5.74, 6) is -2.45. The van der Waals surface area contributed by atoms with Gasteiger partial charge in [0.1, 0.15) is 11.2 Å². The predicted octanol–water partition coefficient (Wildman–Crippen LogP) is 7.42. The summed E-state index contributed by atoms with van der Waals surface area (Å²) in [4.78, 5) is 88.0. The summed E-state index contributed by atoms with van der Waals surface area (Å²) in [6.45, 7) is 20.6. The van der Waals surface area contributed by atoms with Gasteiger partial charge in [-0.25, -0.2) is 9.59 Å². The van der Waals surface area contributed by atoms with Crippen LogP contribution in [0.1, 0.15) is 131 Å². The van der Waals surface area contributed by atoms with Crippen LogP contribution in [-0.2, 0) is 41.5 Å². The number of ketones is 2. The second kappa shape index (κ2) is 25.2. The molecule has 2 aromatic carbocycles. The second-order valence-electron chi connectivity index (χ2n) is 22.1. The first-order chi connectivity index (χ1) is 32.2. The first kappa shape index (κ1) is 54.1. The fraction of sp³-hybridized carbons (Fsp3) is 0.667. The monoisotopic (exact) mass is 943 g/mol. The first-order valence-corrected chi connectivity index (χ1v) is 25.3. The highest BCUT2D eigenvalue weighted by molar-refractivity contribution is 5.95. The number of carbonyl (C=O) groups excluding carboxylic acids is 6. The molecule has 3 fully saturated rings. The van der Waals surface area contributed by atoms with Crippen LogP contribution in [-0.4, -0.2) is 121 Å². The number of piperazine rings is 1. The zero-order chi connectivity index (χ0) is 49.5. The number of alkyl carbamates (subject to hydrolysis) is 2. The van der Waals surface area contributed by atoms with Gasteiger partial charge < -0.3 is 35.6 Å². The van der Waals surface area contributed by atoms with Crippen molar-refractivity contribution in [3.63, 3.8) is 0 Å². The molecule has 4 atom stereocenters. The molecule has 0 radical (unpaired) electrons. The molecule has 4 amide bonds. The van der Waals surface area contributed by atoms with Crippen LogP contribution in [0.3, 0.4) is 0 Å². The number of ether oxygens (including phenoxy) is 2. The Morgan fingerprint density at radius 2 is 1.24 bits per heavy atom. The fourth-order valence-corrected chi connectivity index (χ4v) is 9.95. The van der Waals surface area contributed by atoms with E-state index in [0.717, 1.165) is 50.1 Å². The summed E-state index contributed by atoms with van der Waals surface area (Å²) in [5, 5.41) is 12.1. The minimum Gasteiger partial charge on any atom is -0.444 e. The highest BCUT2D eigenvalue weighted by atomic mass is 16.6. The van der Waals surface area contributed by atoms with Gasteiger partial charge in [-0.1, -0.05) is 80.9 Å². The quantitative estimate of drug-likeness (QED) is 0.0870. The van der Waals surface area contributed by atoms with Crippen LogP contribution in [0.25, 0.3) is 0 Å². The van der Waals surface area contributed by atoms with Crippen LogP contribution in [0, 0.1) is 23.2 Å². The largest absolute Gasteiger partial charge is 0.444 e. The molecule has 0 unspecified atom stereocenters. The molecule has 2 aliphatic heterocycles. The Labute approximate surface area is 406 Å². The molecule has 376 valence electrons. The van der Waals surface area contributed by atoms with Crippen molar-refractivity contribution in [1.29, 1.82) is 0 Å². The fourth-order valence-electron chi connectivity index (χ4n) is 9.95. The van der Waals surface area contributed by atoms with E-state index < -0.39 is 53.2 Å². The number of likely N-dealkylation sites (tertiary alicyclic amines) is 1. The summed E-state index contributed by atoms with van der Waals surface area (Å²) in [5.41, 5.74) is 0.542. The maximum Gasteiger partial charge on any atom is 0.408 e. The van der Waals surface area contributed by atoms with E-state index >= 15 is 0 Å². The normalized spacial score (nSPS) is 18.4. The van der Waals surface area contributed by atoms with Crippen molar-refractivity contribution in [2.45, 2.75) is 162 Å². The Morgan fingerprint density at radius 3 is 1.81 bits per heavy atom. The average molecular weight is 943 g/mol. The summed E-state index contributed by atoms with van der Waals surface area (Å²) >= 11 is 0. The molecule has 1 saturated carbocycles. The average Bonchev–Trinajstić information content (AvgIpc) is 3.26. The number of nitrogens with one attached hydrogen (secondary N) is 4. The molecule has 0 aromatic heterocycles. The molecule has 3 aliphatic rings. The number of unbranched alkanes of at least 4 members (excludes halogenated alkanes) is 1. The second-order valence-corrected chi connectivity index (χ2v) is 22.1. The van der Waals surface area contributed by atoms with Crippen LogP contribution in [0.5, 0.6) is 0 Å². The minimum absolute atomic E-state index is 0.0320. The van der Waals surface area contributed by atoms with Crippen molar-refractivity contribution in [2.75, 3.05) is 45.8 Å². The third-order valence-corrected chi connectivity index (χ3v) is 13.5. The topological polar surface area (TPSA) is 175 Å². The molecule has 2 saturated heterocycles. The van der Waals surface area contributed by atoms with Crippen molar-refractivity contribution in [1.82, 2.24) is 31.1 Å². The highest BCUT2D eigenvalue weighted by Gasteiger charge is 2.48. The van der Waals surface area contributed by atoms with E-state index in [-0.39, 0.29) is 54.5 Å². The molecular formula is C54H82N6O8. The molecule has 2 heterocycles. The number of amides is 4. The lowest BCUT2D eigenvalue weighted by Gasteiger charge is -2.56. The van der Waals surface area contributed by atoms with Gasteiger partial charge in [-0.15, -0.1) is 0 Å². The summed E-state index contributed by atoms with van der Waals surface area (Å²) in [6, 6.07) is 17.6. The lowest BCUT2D eigenvalue weighted by Crippen LogP contribution is -2.59. The number of piperidine rings is 1. The minimum atomic E-state index is -0.972. The standard InChI is InChI=1S/C54H82N6O8/c1-38(2)31-44(57-48(63)42(32-39-17-11-9-12-18-39)35-47(62)45(33-40-19-13-10-14-20-40)58-51(66)68-53(6,7)8)46(61)34-41(21-15-16-24-56-50(65)67-52(3,4)5)49(64)60-27-22-54(23-28-60)36-43(37-54)59-29-25-55-26-30-59/h9-14,17-20,38,41-45,55H,15-16,21-37H2,1-8H3,(H,56,65)(H,57,63)(H,58,66)/t41-,42-,44+,45+/m0/s1. The first-order valence-electron chi connectivity index (χ1n) is 25.3. The van der Waals surface area contributed by atoms with Crippen molar-refractivity contribution in [2.24, 2.45) is 23.2 Å². The molecule has 14 nitrogen and oxygen atoms in total. The Kier molecular flexibility index (Phi) is 20.0. The van der Waals surface area contributed by atoms with E-state index in [4.69, 9.17) is 9.47 Å².